The second kappa shape index (κ2) is 9.78. The summed E-state index contributed by atoms with van der Waals surface area (Å²) in [6.45, 7) is 0. The Labute approximate surface area is 132 Å². The maximum absolute atomic E-state index is 12.0. The Kier molecular flexibility index (Phi) is 7.98. The van der Waals surface area contributed by atoms with Gasteiger partial charge in [-0.3, -0.25) is 14.6 Å². The summed E-state index contributed by atoms with van der Waals surface area (Å²) in [7, 11) is 2.57. The molecule has 1 amide bonds. The second-order valence-corrected chi connectivity index (χ2v) is 5.29. The maximum atomic E-state index is 12.0. The number of hydrogen-bond acceptors (Lipinski definition) is 7. The third-order valence-electron chi connectivity index (χ3n) is 2.69. The van der Waals surface area contributed by atoms with E-state index in [9.17, 15) is 14.4 Å². The van der Waals surface area contributed by atoms with Crippen LogP contribution in [0.25, 0.3) is 0 Å². The zero-order chi connectivity index (χ0) is 16.4. The van der Waals surface area contributed by atoms with Crippen LogP contribution in [0.5, 0.6) is 0 Å². The van der Waals surface area contributed by atoms with Gasteiger partial charge in [0.25, 0.3) is 5.91 Å². The van der Waals surface area contributed by atoms with Gasteiger partial charge in [0.2, 0.25) is 0 Å². The molecular weight excluding hydrogens is 308 g/mol. The van der Waals surface area contributed by atoms with Crippen molar-refractivity contribution >= 4 is 29.6 Å². The van der Waals surface area contributed by atoms with Crippen molar-refractivity contribution in [3.8, 4) is 0 Å². The highest BCUT2D eigenvalue weighted by Crippen LogP contribution is 2.07. The van der Waals surface area contributed by atoms with Crippen molar-refractivity contribution in [1.82, 2.24) is 10.3 Å². The standard InChI is InChI=1S/C14H18N2O5S/c1-20-12(17)9-22-8-6-11(14(19)21-2)16-13(18)10-5-3-4-7-15-10/h3-5,7,11H,6,8-9H2,1-2H3,(H,16,18)/t11-/m0/s1. The average molecular weight is 326 g/mol. The molecule has 1 atom stereocenters. The SMILES string of the molecule is COC(=O)CSCC[C@H](NC(=O)c1ccccn1)C(=O)OC. The molecule has 0 unspecified atom stereocenters. The molecule has 8 heteroatoms. The number of pyridine rings is 1. The van der Waals surface area contributed by atoms with Crippen LogP contribution in [-0.4, -0.2) is 54.6 Å². The number of methoxy groups -OCH3 is 2. The van der Waals surface area contributed by atoms with E-state index in [0.29, 0.717) is 12.2 Å². The molecule has 120 valence electrons. The van der Waals surface area contributed by atoms with Crippen LogP contribution >= 0.6 is 11.8 Å². The number of rotatable bonds is 8. The molecular formula is C14H18N2O5S. The van der Waals surface area contributed by atoms with Crippen LogP contribution in [0, 0.1) is 0 Å². The van der Waals surface area contributed by atoms with Crippen molar-refractivity contribution < 1.29 is 23.9 Å². The highest BCUT2D eigenvalue weighted by atomic mass is 32.2. The van der Waals surface area contributed by atoms with Crippen LogP contribution < -0.4 is 5.32 Å². The zero-order valence-corrected chi connectivity index (χ0v) is 13.2. The molecule has 0 spiro atoms. The minimum atomic E-state index is -0.787. The monoisotopic (exact) mass is 326 g/mol. The van der Waals surface area contributed by atoms with E-state index in [1.165, 1.54) is 32.2 Å². The van der Waals surface area contributed by atoms with Gasteiger partial charge in [-0.05, 0) is 24.3 Å². The normalized spacial score (nSPS) is 11.4. The predicted octanol–water partition coefficient (Wildman–Crippen LogP) is 0.649. The molecule has 1 heterocycles. The first-order valence-electron chi connectivity index (χ1n) is 6.52. The number of esters is 2. The van der Waals surface area contributed by atoms with Crippen LogP contribution in [0.3, 0.4) is 0 Å². The van der Waals surface area contributed by atoms with E-state index >= 15 is 0 Å². The number of carbonyl (C=O) groups excluding carboxylic acids is 3. The molecule has 1 aromatic rings. The van der Waals surface area contributed by atoms with Crippen molar-refractivity contribution in [1.29, 1.82) is 0 Å². The van der Waals surface area contributed by atoms with Gasteiger partial charge in [-0.1, -0.05) is 6.07 Å². The minimum absolute atomic E-state index is 0.193. The molecule has 0 aromatic carbocycles. The molecule has 0 aliphatic rings. The summed E-state index contributed by atoms with van der Waals surface area (Å²) >= 11 is 1.32. The second-order valence-electron chi connectivity index (χ2n) is 4.18. The molecule has 0 bridgehead atoms. The average Bonchev–Trinajstić information content (AvgIpc) is 2.57. The fourth-order valence-corrected chi connectivity index (χ4v) is 2.37. The molecule has 1 N–H and O–H groups in total. The summed E-state index contributed by atoms with van der Waals surface area (Å²) < 4.78 is 9.19. The lowest BCUT2D eigenvalue weighted by molar-refractivity contribution is -0.143. The number of carbonyl (C=O) groups is 3. The molecule has 0 aliphatic carbocycles. The third-order valence-corrected chi connectivity index (χ3v) is 3.65. The Morgan fingerprint density at radius 3 is 2.64 bits per heavy atom. The van der Waals surface area contributed by atoms with Crippen molar-refractivity contribution in [2.45, 2.75) is 12.5 Å². The van der Waals surface area contributed by atoms with E-state index in [2.05, 4.69) is 19.8 Å². The van der Waals surface area contributed by atoms with Crippen molar-refractivity contribution in [2.75, 3.05) is 25.7 Å². The van der Waals surface area contributed by atoms with Gasteiger partial charge in [-0.2, -0.15) is 11.8 Å². The minimum Gasteiger partial charge on any atom is -0.468 e. The summed E-state index contributed by atoms with van der Waals surface area (Å²) in [5, 5.41) is 2.58. The van der Waals surface area contributed by atoms with Gasteiger partial charge in [0.15, 0.2) is 0 Å². The fraction of sp³-hybridized carbons (Fsp3) is 0.429. The summed E-state index contributed by atoms with van der Waals surface area (Å²) in [5.41, 5.74) is 0.221. The number of aromatic nitrogens is 1. The van der Waals surface area contributed by atoms with E-state index in [1.807, 2.05) is 0 Å². The number of thioether (sulfide) groups is 1. The highest BCUT2D eigenvalue weighted by Gasteiger charge is 2.22. The van der Waals surface area contributed by atoms with Gasteiger partial charge in [0.1, 0.15) is 11.7 Å². The molecule has 7 nitrogen and oxygen atoms in total. The van der Waals surface area contributed by atoms with Crippen LogP contribution in [0.4, 0.5) is 0 Å². The van der Waals surface area contributed by atoms with Crippen LogP contribution in [-0.2, 0) is 19.1 Å². The van der Waals surface area contributed by atoms with Gasteiger partial charge in [0.05, 0.1) is 20.0 Å². The fourth-order valence-electron chi connectivity index (χ4n) is 1.54. The van der Waals surface area contributed by atoms with Gasteiger partial charge < -0.3 is 14.8 Å². The van der Waals surface area contributed by atoms with Gasteiger partial charge >= 0.3 is 11.9 Å². The quantitative estimate of drug-likeness (QED) is 0.553. The van der Waals surface area contributed by atoms with E-state index in [-0.39, 0.29) is 17.4 Å². The topological polar surface area (TPSA) is 94.6 Å². The molecule has 1 rings (SSSR count). The molecule has 22 heavy (non-hydrogen) atoms. The Bertz CT molecular complexity index is 509. The first-order valence-corrected chi connectivity index (χ1v) is 7.68. The Hall–Kier alpha value is -2.09. The van der Waals surface area contributed by atoms with Gasteiger partial charge in [0, 0.05) is 6.20 Å². The van der Waals surface area contributed by atoms with Gasteiger partial charge in [-0.25, -0.2) is 4.79 Å². The maximum Gasteiger partial charge on any atom is 0.328 e. The molecule has 0 saturated heterocycles. The number of amides is 1. The number of nitrogens with one attached hydrogen (secondary N) is 1. The van der Waals surface area contributed by atoms with E-state index < -0.39 is 17.9 Å². The molecule has 1 aromatic heterocycles. The Balaban J connectivity index is 2.52. The lowest BCUT2D eigenvalue weighted by Gasteiger charge is -2.15. The number of hydrogen-bond donors (Lipinski definition) is 1. The number of ether oxygens (including phenoxy) is 2. The van der Waals surface area contributed by atoms with Crippen LogP contribution in [0.1, 0.15) is 16.9 Å². The summed E-state index contributed by atoms with van der Waals surface area (Å²) in [4.78, 5) is 38.6. The van der Waals surface area contributed by atoms with Crippen molar-refractivity contribution in [3.63, 3.8) is 0 Å². The van der Waals surface area contributed by atoms with Crippen LogP contribution in [0.15, 0.2) is 24.4 Å². The Morgan fingerprint density at radius 2 is 2.05 bits per heavy atom. The molecule has 0 saturated carbocycles. The largest absolute Gasteiger partial charge is 0.468 e. The van der Waals surface area contributed by atoms with Crippen molar-refractivity contribution in [2.24, 2.45) is 0 Å². The number of nitrogens with zero attached hydrogens (tertiary/aromatic N) is 1. The molecule has 0 radical (unpaired) electrons. The Morgan fingerprint density at radius 1 is 1.27 bits per heavy atom. The lowest BCUT2D eigenvalue weighted by atomic mass is 10.2. The van der Waals surface area contributed by atoms with E-state index in [4.69, 9.17) is 0 Å². The summed E-state index contributed by atoms with van der Waals surface area (Å²) in [6, 6.07) is 4.14. The first kappa shape index (κ1) is 18.0. The highest BCUT2D eigenvalue weighted by molar-refractivity contribution is 7.99. The van der Waals surface area contributed by atoms with E-state index in [0.717, 1.165) is 0 Å². The molecule has 0 aliphatic heterocycles. The van der Waals surface area contributed by atoms with Gasteiger partial charge in [-0.15, -0.1) is 0 Å². The zero-order valence-electron chi connectivity index (χ0n) is 12.4. The third kappa shape index (κ3) is 6.13. The van der Waals surface area contributed by atoms with Crippen LogP contribution in [0.2, 0.25) is 0 Å². The molecule has 0 fully saturated rings. The van der Waals surface area contributed by atoms with E-state index in [1.54, 1.807) is 18.2 Å². The van der Waals surface area contributed by atoms with Crippen molar-refractivity contribution in [3.05, 3.63) is 30.1 Å². The smallest absolute Gasteiger partial charge is 0.328 e. The summed E-state index contributed by atoms with van der Waals surface area (Å²) in [5.74, 6) is -0.635. The first-order chi connectivity index (χ1) is 10.6. The summed E-state index contributed by atoms with van der Waals surface area (Å²) in [6.07, 6.45) is 1.83. The predicted molar refractivity (Wildman–Crippen MR) is 81.5 cm³/mol. The lowest BCUT2D eigenvalue weighted by Crippen LogP contribution is -2.42.